The minimum Gasteiger partial charge on any atom is -0.496 e. The van der Waals surface area contributed by atoms with Gasteiger partial charge in [-0.05, 0) is 73.7 Å². The zero-order valence-electron chi connectivity index (χ0n) is 22.1. The number of nitrogens with zero attached hydrogens (tertiary/aromatic N) is 3. The van der Waals surface area contributed by atoms with Crippen LogP contribution in [0.2, 0.25) is 0 Å². The van der Waals surface area contributed by atoms with Crippen molar-refractivity contribution in [3.63, 3.8) is 0 Å². The molecular weight excluding hydrogens is 517 g/mol. The average Bonchev–Trinajstić information content (AvgIpc) is 3.86. The van der Waals surface area contributed by atoms with Crippen LogP contribution < -0.4 is 10.1 Å². The van der Waals surface area contributed by atoms with Gasteiger partial charge in [0.1, 0.15) is 17.4 Å². The Morgan fingerprint density at radius 2 is 1.62 bits per heavy atom. The number of para-hydroxylation sites is 1. The molecule has 0 amide bonds. The van der Waals surface area contributed by atoms with Crippen molar-refractivity contribution >= 4 is 22.4 Å². The molecule has 9 heteroatoms. The van der Waals surface area contributed by atoms with Gasteiger partial charge in [-0.25, -0.2) is 9.97 Å². The molecule has 1 saturated heterocycles. The molecule has 0 atom stereocenters. The summed E-state index contributed by atoms with van der Waals surface area (Å²) in [4.78, 5) is 12.3. The molecule has 3 aromatic carbocycles. The number of halogens is 3. The van der Waals surface area contributed by atoms with Crippen molar-refractivity contribution in [1.29, 1.82) is 0 Å². The molecule has 4 aromatic rings. The van der Waals surface area contributed by atoms with Crippen LogP contribution in [-0.2, 0) is 17.5 Å². The van der Waals surface area contributed by atoms with E-state index in [-0.39, 0.29) is 11.2 Å². The van der Waals surface area contributed by atoms with E-state index in [4.69, 9.17) is 19.4 Å². The minimum absolute atomic E-state index is 0.0239. The predicted octanol–water partition coefficient (Wildman–Crippen LogP) is 6.97. The molecule has 6 nitrogen and oxygen atoms in total. The first-order valence-electron chi connectivity index (χ1n) is 13.5. The molecule has 0 bridgehead atoms. The summed E-state index contributed by atoms with van der Waals surface area (Å²) in [5.41, 5.74) is 2.43. The molecule has 1 N–H and O–H groups in total. The van der Waals surface area contributed by atoms with E-state index in [0.717, 1.165) is 78.7 Å². The zero-order chi connectivity index (χ0) is 27.5. The van der Waals surface area contributed by atoms with Crippen LogP contribution in [0.15, 0.2) is 66.7 Å². The van der Waals surface area contributed by atoms with Crippen molar-refractivity contribution < 1.29 is 22.6 Å². The molecule has 2 saturated carbocycles. The summed E-state index contributed by atoms with van der Waals surface area (Å²) in [5, 5.41) is 4.04. The number of ether oxygens (including phenoxy) is 2. The van der Waals surface area contributed by atoms with E-state index in [1.807, 2.05) is 42.5 Å². The summed E-state index contributed by atoms with van der Waals surface area (Å²) in [6, 6.07) is 18.8. The summed E-state index contributed by atoms with van der Waals surface area (Å²) in [5.74, 6) is 1.98. The molecule has 7 rings (SSSR count). The van der Waals surface area contributed by atoms with Crippen LogP contribution in [0.3, 0.4) is 0 Å². The third-order valence-electron chi connectivity index (χ3n) is 8.07. The number of fused-ring (bicyclic) bond motifs is 1. The van der Waals surface area contributed by atoms with Gasteiger partial charge in [-0.3, -0.25) is 4.90 Å². The first kappa shape index (κ1) is 25.3. The molecule has 3 fully saturated rings. The lowest BCUT2D eigenvalue weighted by molar-refractivity contribution is -0.137. The first-order chi connectivity index (χ1) is 19.2. The summed E-state index contributed by atoms with van der Waals surface area (Å²) in [7, 11) is 1.65. The topological polar surface area (TPSA) is 59.5 Å². The van der Waals surface area contributed by atoms with Crippen LogP contribution in [-0.4, -0.2) is 46.3 Å². The number of hydrogen-bond donors (Lipinski definition) is 1. The van der Waals surface area contributed by atoms with Crippen LogP contribution in [0, 0.1) is 0 Å². The highest BCUT2D eigenvalue weighted by molar-refractivity contribution is 5.94. The van der Waals surface area contributed by atoms with E-state index >= 15 is 0 Å². The molecule has 1 aromatic heterocycles. The first-order valence-corrected chi connectivity index (χ1v) is 13.5. The van der Waals surface area contributed by atoms with E-state index < -0.39 is 11.7 Å². The lowest BCUT2D eigenvalue weighted by atomic mass is 10.0. The van der Waals surface area contributed by atoms with Gasteiger partial charge < -0.3 is 14.8 Å². The number of aromatic nitrogens is 2. The molecule has 0 radical (unpaired) electrons. The fraction of sp³-hybridized carbons (Fsp3) is 0.355. The molecule has 2 heterocycles. The summed E-state index contributed by atoms with van der Waals surface area (Å²) in [6.45, 7) is 2.29. The average molecular weight is 547 g/mol. The van der Waals surface area contributed by atoms with Crippen LogP contribution in [0.4, 0.5) is 24.7 Å². The largest absolute Gasteiger partial charge is 0.496 e. The van der Waals surface area contributed by atoms with E-state index in [0.29, 0.717) is 23.9 Å². The van der Waals surface area contributed by atoms with E-state index in [1.54, 1.807) is 7.11 Å². The maximum atomic E-state index is 13.1. The Morgan fingerprint density at radius 3 is 2.27 bits per heavy atom. The maximum absolute atomic E-state index is 13.1. The van der Waals surface area contributed by atoms with E-state index in [1.165, 1.54) is 12.1 Å². The molecule has 206 valence electrons. The Kier molecular flexibility index (Phi) is 5.80. The van der Waals surface area contributed by atoms with Gasteiger partial charge in [-0.2, -0.15) is 13.2 Å². The fourth-order valence-electron chi connectivity index (χ4n) is 5.78. The second-order valence-electron chi connectivity index (χ2n) is 11.2. The Labute approximate surface area is 230 Å². The normalized spacial score (nSPS) is 19.2. The molecule has 0 unspecified atom stereocenters. The van der Waals surface area contributed by atoms with Gasteiger partial charge in [-0.15, -0.1) is 0 Å². The quantitative estimate of drug-likeness (QED) is 0.282. The van der Waals surface area contributed by atoms with Crippen LogP contribution in [0.5, 0.6) is 5.75 Å². The number of nitrogens with one attached hydrogen (secondary N) is 1. The zero-order valence-corrected chi connectivity index (χ0v) is 22.1. The smallest absolute Gasteiger partial charge is 0.416 e. The van der Waals surface area contributed by atoms with Crippen molar-refractivity contribution in [3.8, 4) is 16.9 Å². The number of alkyl halides is 3. The molecular formula is C31H29F3N4O2. The number of benzene rings is 3. The third-order valence-corrected chi connectivity index (χ3v) is 8.07. The van der Waals surface area contributed by atoms with Crippen molar-refractivity contribution in [2.45, 2.75) is 49.6 Å². The summed E-state index contributed by atoms with van der Waals surface area (Å²) < 4.78 is 51.4. The van der Waals surface area contributed by atoms with Crippen LogP contribution >= 0.6 is 0 Å². The summed E-state index contributed by atoms with van der Waals surface area (Å²) >= 11 is 0. The van der Waals surface area contributed by atoms with Crippen molar-refractivity contribution in [3.05, 3.63) is 78.1 Å². The second kappa shape index (κ2) is 9.17. The Bertz CT molecular complexity index is 1560. The lowest BCUT2D eigenvalue weighted by Gasteiger charge is -2.38. The van der Waals surface area contributed by atoms with Crippen LogP contribution in [0.25, 0.3) is 22.0 Å². The van der Waals surface area contributed by atoms with Gasteiger partial charge in [0, 0.05) is 29.7 Å². The lowest BCUT2D eigenvalue weighted by Crippen LogP contribution is -2.50. The van der Waals surface area contributed by atoms with Gasteiger partial charge >= 0.3 is 6.18 Å². The Hall–Kier alpha value is -3.69. The molecule has 2 spiro atoms. The highest BCUT2D eigenvalue weighted by Gasteiger charge is 2.59. The van der Waals surface area contributed by atoms with Gasteiger partial charge in [0.25, 0.3) is 0 Å². The van der Waals surface area contributed by atoms with E-state index in [2.05, 4.69) is 10.2 Å². The second-order valence-corrected chi connectivity index (χ2v) is 11.2. The van der Waals surface area contributed by atoms with Crippen molar-refractivity contribution in [2.75, 3.05) is 25.5 Å². The number of anilines is 2. The van der Waals surface area contributed by atoms with Gasteiger partial charge in [0.15, 0.2) is 0 Å². The highest BCUT2D eigenvalue weighted by atomic mass is 19.4. The standard InChI is InChI=1S/C31H29F3N4O2/c1-39-26-5-3-2-4-23(26)20-6-11-24-25(16-20)36-27(17-38-18-29(12-13-29)40-30(19-38)14-15-30)37-28(24)35-22-9-7-21(8-10-22)31(32,33)34/h2-11,16H,12-15,17-19H2,1H3,(H,35,36,37). The number of rotatable bonds is 6. The maximum Gasteiger partial charge on any atom is 0.416 e. The van der Waals surface area contributed by atoms with Gasteiger partial charge in [-0.1, -0.05) is 24.3 Å². The van der Waals surface area contributed by atoms with Crippen molar-refractivity contribution in [1.82, 2.24) is 14.9 Å². The number of methoxy groups -OCH3 is 1. The molecule has 2 aliphatic carbocycles. The van der Waals surface area contributed by atoms with E-state index in [9.17, 15) is 13.2 Å². The SMILES string of the molecule is COc1ccccc1-c1ccc2c(Nc3ccc(C(F)(F)F)cc3)nc(CN3CC4(CC4)OC4(CC4)C3)nc2c1. The Balaban J connectivity index is 1.26. The molecule has 40 heavy (non-hydrogen) atoms. The fourth-order valence-corrected chi connectivity index (χ4v) is 5.78. The minimum atomic E-state index is -4.39. The number of hydrogen-bond acceptors (Lipinski definition) is 6. The Morgan fingerprint density at radius 1 is 0.925 bits per heavy atom. The highest BCUT2D eigenvalue weighted by Crippen LogP contribution is 2.54. The monoisotopic (exact) mass is 546 g/mol. The number of morpholine rings is 1. The van der Waals surface area contributed by atoms with Gasteiger partial charge in [0.2, 0.25) is 0 Å². The van der Waals surface area contributed by atoms with Crippen LogP contribution in [0.1, 0.15) is 37.1 Å². The third kappa shape index (κ3) is 4.88. The predicted molar refractivity (Wildman–Crippen MR) is 147 cm³/mol. The molecule has 3 aliphatic rings. The van der Waals surface area contributed by atoms with Gasteiger partial charge in [0.05, 0.1) is 35.9 Å². The summed E-state index contributed by atoms with van der Waals surface area (Å²) in [6.07, 6.45) is -0.0303. The molecule has 1 aliphatic heterocycles. The van der Waals surface area contributed by atoms with Crippen molar-refractivity contribution in [2.24, 2.45) is 0 Å².